The lowest BCUT2D eigenvalue weighted by molar-refractivity contribution is 0.00790. The van der Waals surface area contributed by atoms with Crippen LogP contribution in [0.15, 0.2) is 24.3 Å². The minimum Gasteiger partial charge on any atom is -0.388 e. The van der Waals surface area contributed by atoms with Gasteiger partial charge in [0, 0.05) is 20.2 Å². The van der Waals surface area contributed by atoms with Gasteiger partial charge in [-0.3, -0.25) is 0 Å². The third-order valence-electron chi connectivity index (χ3n) is 4.14. The number of aliphatic hydroxyl groups is 1. The largest absolute Gasteiger partial charge is 0.388 e. The van der Waals surface area contributed by atoms with Crippen LogP contribution in [0.2, 0.25) is 0 Å². The van der Waals surface area contributed by atoms with Crippen molar-refractivity contribution in [3.05, 3.63) is 35.4 Å². The van der Waals surface area contributed by atoms with Crippen molar-refractivity contribution >= 4 is 6.03 Å². The van der Waals surface area contributed by atoms with E-state index in [0.29, 0.717) is 13.2 Å². The fraction of sp³-hybridized carbons (Fsp3) is 0.588. The van der Waals surface area contributed by atoms with Gasteiger partial charge in [0.1, 0.15) is 0 Å². The number of benzene rings is 1. The van der Waals surface area contributed by atoms with Crippen LogP contribution in [0, 0.1) is 5.92 Å². The topological polar surface area (TPSA) is 70.6 Å². The van der Waals surface area contributed by atoms with Crippen LogP contribution in [0.25, 0.3) is 0 Å². The highest BCUT2D eigenvalue weighted by Crippen LogP contribution is 2.18. The number of hydrogen-bond donors (Lipinski definition) is 3. The van der Waals surface area contributed by atoms with Crippen molar-refractivity contribution in [2.24, 2.45) is 5.92 Å². The van der Waals surface area contributed by atoms with E-state index in [-0.39, 0.29) is 18.5 Å². The zero-order chi connectivity index (χ0) is 16.6. The number of ether oxygens (including phenoxy) is 1. The van der Waals surface area contributed by atoms with Gasteiger partial charge in [-0.05, 0) is 24.0 Å². The molecule has 3 N–H and O–H groups in total. The Bertz CT molecular complexity index is 475. The number of amides is 2. The summed E-state index contributed by atoms with van der Waals surface area (Å²) in [5.74, 6) is 0.121. The Kier molecular flexibility index (Phi) is 7.35. The molecule has 0 saturated carbocycles. The molecule has 0 bridgehead atoms. The van der Waals surface area contributed by atoms with Crippen LogP contribution >= 0.6 is 0 Å². The van der Waals surface area contributed by atoms with Crippen LogP contribution in [-0.4, -0.2) is 30.4 Å². The van der Waals surface area contributed by atoms with E-state index in [1.54, 1.807) is 14.0 Å². The molecule has 0 aliphatic heterocycles. The molecule has 0 aliphatic rings. The van der Waals surface area contributed by atoms with Gasteiger partial charge in [-0.25, -0.2) is 4.79 Å². The number of nitrogens with one attached hydrogen (secondary N) is 2. The molecule has 0 aliphatic carbocycles. The van der Waals surface area contributed by atoms with Gasteiger partial charge in [-0.15, -0.1) is 0 Å². The number of methoxy groups -OCH3 is 1. The smallest absolute Gasteiger partial charge is 0.315 e. The van der Waals surface area contributed by atoms with Crippen LogP contribution in [0.3, 0.4) is 0 Å². The van der Waals surface area contributed by atoms with E-state index in [1.807, 2.05) is 38.1 Å². The lowest BCUT2D eigenvalue weighted by Gasteiger charge is -2.29. The van der Waals surface area contributed by atoms with Gasteiger partial charge in [0.05, 0.1) is 12.2 Å². The summed E-state index contributed by atoms with van der Waals surface area (Å²) < 4.78 is 5.14. The zero-order valence-electron chi connectivity index (χ0n) is 14.0. The molecule has 5 heteroatoms. The average Bonchev–Trinajstić information content (AvgIpc) is 2.51. The Labute approximate surface area is 133 Å². The Hall–Kier alpha value is -1.59. The summed E-state index contributed by atoms with van der Waals surface area (Å²) in [6, 6.07) is 7.54. The van der Waals surface area contributed by atoms with Crippen molar-refractivity contribution in [1.29, 1.82) is 0 Å². The van der Waals surface area contributed by atoms with Crippen molar-refractivity contribution < 1.29 is 14.6 Å². The molecule has 1 aromatic rings. The monoisotopic (exact) mass is 308 g/mol. The third-order valence-corrected chi connectivity index (χ3v) is 4.14. The maximum Gasteiger partial charge on any atom is 0.315 e. The molecule has 0 fully saturated rings. The lowest BCUT2D eigenvalue weighted by atomic mass is 9.89. The third kappa shape index (κ3) is 5.66. The quantitative estimate of drug-likeness (QED) is 0.691. The Morgan fingerprint density at radius 3 is 2.55 bits per heavy atom. The van der Waals surface area contributed by atoms with Gasteiger partial charge in [0.25, 0.3) is 0 Å². The van der Waals surface area contributed by atoms with Crippen molar-refractivity contribution in [3.63, 3.8) is 0 Å². The molecule has 0 spiro atoms. The highest BCUT2D eigenvalue weighted by Gasteiger charge is 2.27. The van der Waals surface area contributed by atoms with E-state index in [2.05, 4.69) is 10.6 Å². The van der Waals surface area contributed by atoms with E-state index >= 15 is 0 Å². The van der Waals surface area contributed by atoms with Crippen molar-refractivity contribution in [3.8, 4) is 0 Å². The van der Waals surface area contributed by atoms with Crippen LogP contribution in [-0.2, 0) is 17.9 Å². The molecule has 124 valence electrons. The molecule has 0 aromatic heterocycles. The molecule has 2 amide bonds. The molecule has 22 heavy (non-hydrogen) atoms. The van der Waals surface area contributed by atoms with Crippen LogP contribution in [0.4, 0.5) is 4.79 Å². The van der Waals surface area contributed by atoms with Crippen molar-refractivity contribution in [2.45, 2.75) is 45.9 Å². The fourth-order valence-corrected chi connectivity index (χ4v) is 2.14. The van der Waals surface area contributed by atoms with Gasteiger partial charge >= 0.3 is 6.03 Å². The van der Waals surface area contributed by atoms with E-state index < -0.39 is 5.60 Å². The normalized spacial score (nSPS) is 15.0. The van der Waals surface area contributed by atoms with E-state index in [4.69, 9.17) is 4.74 Å². The summed E-state index contributed by atoms with van der Waals surface area (Å²) in [6.45, 7) is 6.91. The van der Waals surface area contributed by atoms with E-state index in [0.717, 1.165) is 17.5 Å². The molecule has 0 saturated heterocycles. The summed E-state index contributed by atoms with van der Waals surface area (Å²) in [4.78, 5) is 11.9. The van der Waals surface area contributed by atoms with Gasteiger partial charge in [-0.1, -0.05) is 44.5 Å². The zero-order valence-corrected chi connectivity index (χ0v) is 14.0. The fourth-order valence-electron chi connectivity index (χ4n) is 2.14. The summed E-state index contributed by atoms with van der Waals surface area (Å²) in [5, 5.41) is 15.8. The molecular formula is C17H28N2O3. The van der Waals surface area contributed by atoms with Gasteiger partial charge in [-0.2, -0.15) is 0 Å². The molecule has 0 radical (unpaired) electrons. The molecular weight excluding hydrogens is 280 g/mol. The second kappa shape index (κ2) is 8.76. The van der Waals surface area contributed by atoms with Gasteiger partial charge in [0.2, 0.25) is 0 Å². The predicted octanol–water partition coefficient (Wildman–Crippen LogP) is 2.43. The maximum absolute atomic E-state index is 11.9. The number of rotatable bonds is 8. The van der Waals surface area contributed by atoms with E-state index in [1.165, 1.54) is 0 Å². The van der Waals surface area contributed by atoms with Crippen LogP contribution in [0.1, 0.15) is 38.3 Å². The first-order valence-electron chi connectivity index (χ1n) is 7.70. The second-order valence-corrected chi connectivity index (χ2v) is 5.90. The molecule has 2 atom stereocenters. The molecule has 1 aromatic carbocycles. The van der Waals surface area contributed by atoms with Crippen molar-refractivity contribution in [1.82, 2.24) is 10.6 Å². The summed E-state index contributed by atoms with van der Waals surface area (Å²) in [6.07, 6.45) is 0.862. The second-order valence-electron chi connectivity index (χ2n) is 5.90. The number of urea groups is 1. The molecule has 5 nitrogen and oxygen atoms in total. The Morgan fingerprint density at radius 1 is 1.32 bits per heavy atom. The standard InChI is InChI=1S/C17H28N2O3/c1-5-13(2)17(3,21)12-19-16(20)18-10-14-8-6-7-9-15(14)11-22-4/h6-9,13,21H,5,10-12H2,1-4H3,(H2,18,19,20). The molecule has 2 unspecified atom stereocenters. The first-order chi connectivity index (χ1) is 10.4. The SMILES string of the molecule is CCC(C)C(C)(O)CNC(=O)NCc1ccccc1COC. The number of carbonyl (C=O) groups excluding carboxylic acids is 1. The highest BCUT2D eigenvalue weighted by atomic mass is 16.5. The average molecular weight is 308 g/mol. The van der Waals surface area contributed by atoms with Crippen LogP contribution < -0.4 is 10.6 Å². The minimum absolute atomic E-state index is 0.121. The van der Waals surface area contributed by atoms with Crippen LogP contribution in [0.5, 0.6) is 0 Å². The first kappa shape index (κ1) is 18.5. The summed E-state index contributed by atoms with van der Waals surface area (Å²) >= 11 is 0. The van der Waals surface area contributed by atoms with Gasteiger partial charge < -0.3 is 20.5 Å². The maximum atomic E-state index is 11.9. The predicted molar refractivity (Wildman–Crippen MR) is 87.5 cm³/mol. The van der Waals surface area contributed by atoms with Gasteiger partial charge in [0.15, 0.2) is 0 Å². The Morgan fingerprint density at radius 2 is 1.95 bits per heavy atom. The molecule has 1 rings (SSSR count). The minimum atomic E-state index is -0.903. The number of hydrogen-bond acceptors (Lipinski definition) is 3. The number of carbonyl (C=O) groups is 1. The summed E-state index contributed by atoms with van der Waals surface area (Å²) in [5.41, 5.74) is 1.17. The summed E-state index contributed by atoms with van der Waals surface area (Å²) in [7, 11) is 1.65. The lowest BCUT2D eigenvalue weighted by Crippen LogP contribution is -2.47. The Balaban J connectivity index is 2.47. The van der Waals surface area contributed by atoms with E-state index in [9.17, 15) is 9.90 Å². The molecule has 0 heterocycles. The highest BCUT2D eigenvalue weighted by molar-refractivity contribution is 5.73. The van der Waals surface area contributed by atoms with Crippen molar-refractivity contribution in [2.75, 3.05) is 13.7 Å². The first-order valence-corrected chi connectivity index (χ1v) is 7.70.